The molecule has 55 heavy (non-hydrogen) atoms. The summed E-state index contributed by atoms with van der Waals surface area (Å²) >= 11 is 0. The Balaban J connectivity index is 1.13. The lowest BCUT2D eigenvalue weighted by Gasteiger charge is -2.30. The Labute approximate surface area is 321 Å². The van der Waals surface area contributed by atoms with Gasteiger partial charge in [-0.15, -0.1) is 0 Å². The SMILES string of the molecule is Cc1ccccc1N(c1ccc2c(c1)C(C)(C)c1cc3c(cc1-2)c1ccccc1n3-c1ccc2c3ccccc3c3ccccc3c2c1)c1ccccc1C. The van der Waals surface area contributed by atoms with E-state index in [4.69, 9.17) is 0 Å². The highest BCUT2D eigenvalue weighted by Crippen LogP contribution is 2.53. The Kier molecular flexibility index (Phi) is 6.76. The molecular weight excluding hydrogens is 665 g/mol. The summed E-state index contributed by atoms with van der Waals surface area (Å²) in [7, 11) is 0. The van der Waals surface area contributed by atoms with Crippen LogP contribution in [-0.2, 0) is 5.41 Å². The Morgan fingerprint density at radius 3 is 1.56 bits per heavy atom. The Bertz CT molecular complexity index is 3130. The van der Waals surface area contributed by atoms with Crippen molar-refractivity contribution in [2.75, 3.05) is 4.90 Å². The number of para-hydroxylation sites is 3. The number of nitrogens with zero attached hydrogens (tertiary/aromatic N) is 2. The zero-order chi connectivity index (χ0) is 37.0. The molecule has 0 unspecified atom stereocenters. The summed E-state index contributed by atoms with van der Waals surface area (Å²) in [6.45, 7) is 9.22. The van der Waals surface area contributed by atoms with E-state index in [0.29, 0.717) is 0 Å². The zero-order valence-electron chi connectivity index (χ0n) is 31.6. The number of aryl methyl sites for hydroxylation is 2. The molecule has 0 fully saturated rings. The second-order valence-corrected chi connectivity index (χ2v) is 15.9. The van der Waals surface area contributed by atoms with E-state index in [1.165, 1.54) is 110 Å². The smallest absolute Gasteiger partial charge is 0.0544 e. The lowest BCUT2D eigenvalue weighted by molar-refractivity contribution is 0.661. The monoisotopic (exact) mass is 704 g/mol. The van der Waals surface area contributed by atoms with Gasteiger partial charge < -0.3 is 9.47 Å². The van der Waals surface area contributed by atoms with E-state index < -0.39 is 0 Å². The lowest BCUT2D eigenvalue weighted by atomic mass is 9.82. The van der Waals surface area contributed by atoms with Gasteiger partial charge in [0.15, 0.2) is 0 Å². The maximum Gasteiger partial charge on any atom is 0.0544 e. The quantitative estimate of drug-likeness (QED) is 0.166. The van der Waals surface area contributed by atoms with Crippen LogP contribution < -0.4 is 4.90 Å². The Morgan fingerprint density at radius 2 is 0.927 bits per heavy atom. The maximum atomic E-state index is 2.50. The molecule has 0 saturated carbocycles. The minimum absolute atomic E-state index is 0.211. The molecule has 0 saturated heterocycles. The predicted molar refractivity (Wildman–Crippen MR) is 235 cm³/mol. The summed E-state index contributed by atoms with van der Waals surface area (Å²) in [4.78, 5) is 2.44. The van der Waals surface area contributed by atoms with Gasteiger partial charge in [-0.05, 0) is 134 Å². The lowest BCUT2D eigenvalue weighted by Crippen LogP contribution is -2.17. The van der Waals surface area contributed by atoms with E-state index in [-0.39, 0.29) is 5.41 Å². The highest BCUT2D eigenvalue weighted by molar-refractivity contribution is 6.25. The fourth-order valence-electron chi connectivity index (χ4n) is 9.67. The van der Waals surface area contributed by atoms with Gasteiger partial charge in [-0.1, -0.05) is 129 Å². The largest absolute Gasteiger partial charge is 0.310 e. The fourth-order valence-corrected chi connectivity index (χ4v) is 9.67. The normalized spacial score (nSPS) is 13.2. The van der Waals surface area contributed by atoms with Crippen LogP contribution in [0, 0.1) is 13.8 Å². The molecule has 0 aliphatic heterocycles. The molecule has 0 N–H and O–H groups in total. The Morgan fingerprint density at radius 1 is 0.400 bits per heavy atom. The number of hydrogen-bond acceptors (Lipinski definition) is 1. The number of hydrogen-bond donors (Lipinski definition) is 0. The van der Waals surface area contributed by atoms with Crippen molar-refractivity contribution in [3.05, 3.63) is 192 Å². The van der Waals surface area contributed by atoms with E-state index in [1.807, 2.05) is 0 Å². The topological polar surface area (TPSA) is 8.17 Å². The van der Waals surface area contributed by atoms with Gasteiger partial charge >= 0.3 is 0 Å². The average molecular weight is 705 g/mol. The van der Waals surface area contributed by atoms with Crippen LogP contribution in [0.2, 0.25) is 0 Å². The molecule has 1 aromatic heterocycles. The van der Waals surface area contributed by atoms with Crippen LogP contribution >= 0.6 is 0 Å². The van der Waals surface area contributed by atoms with Gasteiger partial charge in [-0.3, -0.25) is 0 Å². The molecule has 10 aromatic rings. The van der Waals surface area contributed by atoms with Crippen molar-refractivity contribution in [1.29, 1.82) is 0 Å². The van der Waals surface area contributed by atoms with E-state index in [0.717, 1.165) is 0 Å². The summed E-state index contributed by atoms with van der Waals surface area (Å²) in [6, 6.07) is 63.2. The van der Waals surface area contributed by atoms with Crippen molar-refractivity contribution < 1.29 is 0 Å². The standard InChI is InChI=1S/C53H40N2/c1-33-15-5-12-22-49(33)54(50-23-13-6-16-34(50)2)36-26-28-42-45-31-46-43-21-11-14-24-51(43)55(52(46)32-48(45)53(3,4)47(42)30-36)35-25-27-41-39-19-8-7-17-37(39)38-18-9-10-20-40(38)44(41)29-35/h5-32H,1-4H3. The molecule has 0 bridgehead atoms. The molecule has 1 aliphatic carbocycles. The number of benzene rings is 9. The summed E-state index contributed by atoms with van der Waals surface area (Å²) < 4.78 is 2.50. The van der Waals surface area contributed by atoms with Crippen LogP contribution in [-0.4, -0.2) is 4.57 Å². The summed E-state index contributed by atoms with van der Waals surface area (Å²) in [6.07, 6.45) is 0. The van der Waals surface area contributed by atoms with Crippen molar-refractivity contribution >= 4 is 71.2 Å². The fraction of sp³-hybridized carbons (Fsp3) is 0.0943. The van der Waals surface area contributed by atoms with Gasteiger partial charge in [0, 0.05) is 38.9 Å². The second kappa shape index (κ2) is 11.7. The molecule has 1 heterocycles. The van der Waals surface area contributed by atoms with Gasteiger partial charge in [0.25, 0.3) is 0 Å². The Hall–Kier alpha value is -6.64. The van der Waals surface area contributed by atoms with Crippen LogP contribution in [0.4, 0.5) is 17.1 Å². The van der Waals surface area contributed by atoms with Gasteiger partial charge in [-0.2, -0.15) is 0 Å². The molecular formula is C53H40N2. The molecule has 1 aliphatic rings. The third-order valence-electron chi connectivity index (χ3n) is 12.4. The summed E-state index contributed by atoms with van der Waals surface area (Å²) in [5, 5.41) is 10.3. The summed E-state index contributed by atoms with van der Waals surface area (Å²) in [5.74, 6) is 0. The zero-order valence-corrected chi connectivity index (χ0v) is 31.6. The molecule has 11 rings (SSSR count). The predicted octanol–water partition coefficient (Wildman–Crippen LogP) is 14.6. The molecule has 0 amide bonds. The van der Waals surface area contributed by atoms with E-state index in [9.17, 15) is 0 Å². The van der Waals surface area contributed by atoms with Crippen LogP contribution in [0.3, 0.4) is 0 Å². The van der Waals surface area contributed by atoms with Crippen LogP contribution in [0.25, 0.3) is 70.9 Å². The van der Waals surface area contributed by atoms with Crippen molar-refractivity contribution in [3.8, 4) is 16.8 Å². The van der Waals surface area contributed by atoms with Crippen molar-refractivity contribution in [3.63, 3.8) is 0 Å². The molecule has 9 aromatic carbocycles. The first-order valence-corrected chi connectivity index (χ1v) is 19.4. The molecule has 2 heteroatoms. The number of rotatable bonds is 4. The number of fused-ring (bicyclic) bond motifs is 12. The molecule has 0 spiro atoms. The minimum Gasteiger partial charge on any atom is -0.310 e. The third kappa shape index (κ3) is 4.55. The van der Waals surface area contributed by atoms with Crippen molar-refractivity contribution in [1.82, 2.24) is 4.57 Å². The minimum atomic E-state index is -0.211. The summed E-state index contributed by atoms with van der Waals surface area (Å²) in [5.41, 5.74) is 14.9. The van der Waals surface area contributed by atoms with Crippen molar-refractivity contribution in [2.45, 2.75) is 33.1 Å². The van der Waals surface area contributed by atoms with Crippen LogP contribution in [0.5, 0.6) is 0 Å². The van der Waals surface area contributed by atoms with Gasteiger partial charge in [0.05, 0.1) is 11.0 Å². The highest BCUT2D eigenvalue weighted by Gasteiger charge is 2.37. The average Bonchev–Trinajstić information content (AvgIpc) is 3.66. The molecule has 0 radical (unpaired) electrons. The number of anilines is 3. The van der Waals surface area contributed by atoms with E-state index >= 15 is 0 Å². The third-order valence-corrected chi connectivity index (χ3v) is 12.4. The molecule has 262 valence electrons. The van der Waals surface area contributed by atoms with E-state index in [2.05, 4.69) is 207 Å². The van der Waals surface area contributed by atoms with Gasteiger partial charge in [-0.25, -0.2) is 0 Å². The van der Waals surface area contributed by atoms with Crippen molar-refractivity contribution in [2.24, 2.45) is 0 Å². The first-order valence-electron chi connectivity index (χ1n) is 19.4. The number of aromatic nitrogens is 1. The van der Waals surface area contributed by atoms with Gasteiger partial charge in [0.1, 0.15) is 0 Å². The second-order valence-electron chi connectivity index (χ2n) is 15.9. The van der Waals surface area contributed by atoms with Gasteiger partial charge in [0.2, 0.25) is 0 Å². The maximum absolute atomic E-state index is 2.50. The highest BCUT2D eigenvalue weighted by atomic mass is 15.1. The van der Waals surface area contributed by atoms with Crippen LogP contribution in [0.15, 0.2) is 170 Å². The molecule has 0 atom stereocenters. The first kappa shape index (κ1) is 31.8. The molecule has 2 nitrogen and oxygen atoms in total. The van der Waals surface area contributed by atoms with E-state index in [1.54, 1.807) is 0 Å². The van der Waals surface area contributed by atoms with Crippen LogP contribution in [0.1, 0.15) is 36.1 Å². The first-order chi connectivity index (χ1) is 26.9.